The van der Waals surface area contributed by atoms with Gasteiger partial charge in [-0.1, -0.05) is 13.8 Å². The van der Waals surface area contributed by atoms with Gasteiger partial charge in [-0.2, -0.15) is 10.4 Å². The minimum atomic E-state index is -0.591. The summed E-state index contributed by atoms with van der Waals surface area (Å²) < 4.78 is 0. The van der Waals surface area contributed by atoms with Gasteiger partial charge in [0.2, 0.25) is 5.91 Å². The molecular formula is C11H16N4O. The first-order valence-electron chi connectivity index (χ1n) is 5.22. The second kappa shape index (κ2) is 5.31. The van der Waals surface area contributed by atoms with Crippen LogP contribution in [0.25, 0.3) is 0 Å². The van der Waals surface area contributed by atoms with Crippen molar-refractivity contribution in [2.24, 2.45) is 11.8 Å². The van der Waals surface area contributed by atoms with E-state index in [9.17, 15) is 4.79 Å². The molecule has 0 saturated carbocycles. The summed E-state index contributed by atoms with van der Waals surface area (Å²) in [7, 11) is 0. The zero-order valence-corrected chi connectivity index (χ0v) is 9.74. The summed E-state index contributed by atoms with van der Waals surface area (Å²) in [5.41, 5.74) is 1.87. The molecule has 2 N–H and O–H groups in total. The maximum Gasteiger partial charge on any atom is 0.237 e. The second-order valence-electron chi connectivity index (χ2n) is 4.09. The highest BCUT2D eigenvalue weighted by Gasteiger charge is 2.21. The number of nitrogens with one attached hydrogen (secondary N) is 2. The van der Waals surface area contributed by atoms with Crippen LogP contribution in [0.3, 0.4) is 0 Å². The van der Waals surface area contributed by atoms with Crippen molar-refractivity contribution in [1.82, 2.24) is 15.5 Å². The molecule has 1 atom stereocenters. The fourth-order valence-corrected chi connectivity index (χ4v) is 1.36. The SMILES string of the molecule is Cc1[nH]ncc1CNC(=O)C(C#N)C(C)C. The van der Waals surface area contributed by atoms with E-state index in [0.717, 1.165) is 11.3 Å². The predicted octanol–water partition coefficient (Wildman–Crippen LogP) is 1.13. The van der Waals surface area contributed by atoms with E-state index in [4.69, 9.17) is 5.26 Å². The lowest BCUT2D eigenvalue weighted by Gasteiger charge is -2.12. The van der Waals surface area contributed by atoms with E-state index in [2.05, 4.69) is 15.5 Å². The number of aromatic amines is 1. The average molecular weight is 220 g/mol. The largest absolute Gasteiger partial charge is 0.351 e. The molecule has 1 aromatic heterocycles. The van der Waals surface area contributed by atoms with E-state index in [1.54, 1.807) is 6.20 Å². The van der Waals surface area contributed by atoms with Crippen LogP contribution in [0.1, 0.15) is 25.1 Å². The third kappa shape index (κ3) is 2.83. The van der Waals surface area contributed by atoms with Crippen LogP contribution >= 0.6 is 0 Å². The van der Waals surface area contributed by atoms with Crippen molar-refractivity contribution < 1.29 is 4.79 Å². The Hall–Kier alpha value is -1.83. The van der Waals surface area contributed by atoms with Crippen molar-refractivity contribution in [3.8, 4) is 6.07 Å². The van der Waals surface area contributed by atoms with Crippen molar-refractivity contribution in [3.63, 3.8) is 0 Å². The van der Waals surface area contributed by atoms with E-state index in [0.29, 0.717) is 6.54 Å². The van der Waals surface area contributed by atoms with Crippen LogP contribution < -0.4 is 5.32 Å². The van der Waals surface area contributed by atoms with E-state index in [1.165, 1.54) is 0 Å². The molecular weight excluding hydrogens is 204 g/mol. The number of rotatable bonds is 4. The summed E-state index contributed by atoms with van der Waals surface area (Å²) in [5, 5.41) is 18.2. The number of hydrogen-bond acceptors (Lipinski definition) is 3. The molecule has 0 aliphatic carbocycles. The van der Waals surface area contributed by atoms with Crippen molar-refractivity contribution in [2.75, 3.05) is 0 Å². The van der Waals surface area contributed by atoms with Crippen molar-refractivity contribution in [3.05, 3.63) is 17.5 Å². The fraction of sp³-hybridized carbons (Fsp3) is 0.545. The Bertz CT molecular complexity index is 402. The molecule has 1 amide bonds. The Labute approximate surface area is 94.9 Å². The Kier molecular flexibility index (Phi) is 4.06. The molecule has 1 aromatic rings. The molecule has 1 heterocycles. The summed E-state index contributed by atoms with van der Waals surface area (Å²) in [6, 6.07) is 2.01. The van der Waals surface area contributed by atoms with Gasteiger partial charge in [-0.05, 0) is 12.8 Å². The topological polar surface area (TPSA) is 81.6 Å². The van der Waals surface area contributed by atoms with Gasteiger partial charge in [0, 0.05) is 17.8 Å². The minimum Gasteiger partial charge on any atom is -0.351 e. The first kappa shape index (κ1) is 12.2. The third-order valence-electron chi connectivity index (χ3n) is 2.48. The van der Waals surface area contributed by atoms with E-state index >= 15 is 0 Å². The molecule has 5 nitrogen and oxygen atoms in total. The highest BCUT2D eigenvalue weighted by molar-refractivity contribution is 5.81. The molecule has 5 heteroatoms. The zero-order valence-electron chi connectivity index (χ0n) is 9.74. The molecule has 0 aliphatic heterocycles. The fourth-order valence-electron chi connectivity index (χ4n) is 1.36. The standard InChI is InChI=1S/C11H16N4O/c1-7(2)10(4-12)11(16)13-5-9-6-14-15-8(9)3/h6-7,10H,5H2,1-3H3,(H,13,16)(H,14,15). The average Bonchev–Trinajstić information content (AvgIpc) is 2.61. The number of carbonyl (C=O) groups is 1. The van der Waals surface area contributed by atoms with Gasteiger partial charge in [-0.25, -0.2) is 0 Å². The van der Waals surface area contributed by atoms with E-state index in [1.807, 2.05) is 26.8 Å². The Morgan fingerprint density at radius 2 is 2.38 bits per heavy atom. The van der Waals surface area contributed by atoms with Gasteiger partial charge in [-0.3, -0.25) is 9.89 Å². The predicted molar refractivity (Wildman–Crippen MR) is 59.1 cm³/mol. The maximum atomic E-state index is 11.7. The summed E-state index contributed by atoms with van der Waals surface area (Å²) in [6.45, 7) is 6.01. The summed E-state index contributed by atoms with van der Waals surface area (Å²) >= 11 is 0. The van der Waals surface area contributed by atoms with Crippen molar-refractivity contribution >= 4 is 5.91 Å². The van der Waals surface area contributed by atoms with Crippen LogP contribution in [0.15, 0.2) is 6.20 Å². The minimum absolute atomic E-state index is 0.0236. The lowest BCUT2D eigenvalue weighted by atomic mass is 9.96. The van der Waals surface area contributed by atoms with E-state index in [-0.39, 0.29) is 11.8 Å². The normalized spacial score (nSPS) is 12.2. The highest BCUT2D eigenvalue weighted by Crippen LogP contribution is 2.10. The van der Waals surface area contributed by atoms with Crippen LogP contribution in [0, 0.1) is 30.1 Å². The molecule has 0 aromatic carbocycles. The summed E-state index contributed by atoms with van der Waals surface area (Å²) in [5.74, 6) is -0.791. The molecule has 0 spiro atoms. The Morgan fingerprint density at radius 1 is 1.69 bits per heavy atom. The highest BCUT2D eigenvalue weighted by atomic mass is 16.1. The van der Waals surface area contributed by atoms with E-state index < -0.39 is 5.92 Å². The number of nitrogens with zero attached hydrogens (tertiary/aromatic N) is 2. The smallest absolute Gasteiger partial charge is 0.237 e. The summed E-state index contributed by atoms with van der Waals surface area (Å²) in [6.07, 6.45) is 1.67. The van der Waals surface area contributed by atoms with Crippen LogP contribution in [-0.2, 0) is 11.3 Å². The molecule has 1 rings (SSSR count). The van der Waals surface area contributed by atoms with Crippen LogP contribution in [0.4, 0.5) is 0 Å². The maximum absolute atomic E-state index is 11.7. The number of amides is 1. The van der Waals surface area contributed by atoms with Gasteiger partial charge < -0.3 is 5.32 Å². The molecule has 16 heavy (non-hydrogen) atoms. The first-order chi connectivity index (χ1) is 7.56. The van der Waals surface area contributed by atoms with Gasteiger partial charge in [0.15, 0.2) is 0 Å². The van der Waals surface area contributed by atoms with Crippen LogP contribution in [-0.4, -0.2) is 16.1 Å². The molecule has 86 valence electrons. The lowest BCUT2D eigenvalue weighted by Crippen LogP contribution is -2.32. The number of nitriles is 1. The third-order valence-corrected chi connectivity index (χ3v) is 2.48. The van der Waals surface area contributed by atoms with Crippen molar-refractivity contribution in [1.29, 1.82) is 5.26 Å². The quantitative estimate of drug-likeness (QED) is 0.798. The van der Waals surface area contributed by atoms with Gasteiger partial charge in [-0.15, -0.1) is 0 Å². The number of carbonyl (C=O) groups excluding carboxylic acids is 1. The molecule has 0 radical (unpaired) electrons. The second-order valence-corrected chi connectivity index (χ2v) is 4.09. The number of aromatic nitrogens is 2. The summed E-state index contributed by atoms with van der Waals surface area (Å²) in [4.78, 5) is 11.7. The van der Waals surface area contributed by atoms with Crippen molar-refractivity contribution in [2.45, 2.75) is 27.3 Å². The molecule has 1 unspecified atom stereocenters. The van der Waals surface area contributed by atoms with Gasteiger partial charge in [0.25, 0.3) is 0 Å². The number of H-pyrrole nitrogens is 1. The zero-order chi connectivity index (χ0) is 12.1. The number of hydrogen-bond donors (Lipinski definition) is 2. The Balaban J connectivity index is 2.53. The van der Waals surface area contributed by atoms with Crippen LogP contribution in [0.2, 0.25) is 0 Å². The van der Waals surface area contributed by atoms with Gasteiger partial charge in [0.05, 0.1) is 12.3 Å². The first-order valence-corrected chi connectivity index (χ1v) is 5.22. The Morgan fingerprint density at radius 3 is 2.81 bits per heavy atom. The lowest BCUT2D eigenvalue weighted by molar-refractivity contribution is -0.124. The molecule has 0 bridgehead atoms. The molecule has 0 saturated heterocycles. The molecule has 0 aliphatic rings. The monoisotopic (exact) mass is 220 g/mol. The van der Waals surface area contributed by atoms with Crippen LogP contribution in [0.5, 0.6) is 0 Å². The molecule has 0 fully saturated rings. The van der Waals surface area contributed by atoms with Gasteiger partial charge in [0.1, 0.15) is 5.92 Å². The van der Waals surface area contributed by atoms with Gasteiger partial charge >= 0.3 is 0 Å². The number of aryl methyl sites for hydroxylation is 1.